The molecule has 14 aliphatic heterocycles. The van der Waals surface area contributed by atoms with Crippen LogP contribution in [0, 0.1) is 17.8 Å². The largest absolute Gasteiger partial charge is 0.314 e. The molecule has 12 unspecified atom stereocenters. The fourth-order valence-corrected chi connectivity index (χ4v) is 17.6. The van der Waals surface area contributed by atoms with Gasteiger partial charge in [0.1, 0.15) is 0 Å². The van der Waals surface area contributed by atoms with Crippen LogP contribution >= 0.6 is 0 Å². The Morgan fingerprint density at radius 2 is 0.700 bits per heavy atom. The topological polar surface area (TPSA) is 62.0 Å². The monoisotopic (exact) mass is 976 g/mol. The van der Waals surface area contributed by atoms with Crippen LogP contribution in [0.25, 0.3) is 0 Å². The lowest BCUT2D eigenvalue weighted by Gasteiger charge is -2.43. The van der Waals surface area contributed by atoms with Crippen LogP contribution in [0.3, 0.4) is 0 Å². The van der Waals surface area contributed by atoms with Crippen molar-refractivity contribution in [2.24, 2.45) is 17.8 Å². The Balaban J connectivity index is 0.0000000994. The number of hydrogen-bond acceptors (Lipinski definition) is 11. The highest BCUT2D eigenvalue weighted by Gasteiger charge is 2.39. The summed E-state index contributed by atoms with van der Waals surface area (Å²) in [6.07, 6.45) is 38.1. The Kier molecular flexibility index (Phi) is 20.2. The minimum absolute atomic E-state index is 0.814. The van der Waals surface area contributed by atoms with Crippen molar-refractivity contribution in [1.29, 1.82) is 0 Å². The fraction of sp³-hybridized carbons (Fsp3) is 1.00. The van der Waals surface area contributed by atoms with Crippen LogP contribution in [0.5, 0.6) is 0 Å². The van der Waals surface area contributed by atoms with Gasteiger partial charge < -0.3 is 50.2 Å². The number of piperidine rings is 4. The molecule has 14 heterocycles. The normalized spacial score (nSPS) is 44.2. The van der Waals surface area contributed by atoms with Gasteiger partial charge in [0.25, 0.3) is 0 Å². The fourth-order valence-electron chi connectivity index (χ4n) is 17.6. The van der Waals surface area contributed by atoms with Crippen LogP contribution in [-0.4, -0.2) is 233 Å². The van der Waals surface area contributed by atoms with E-state index in [-0.39, 0.29) is 0 Å². The van der Waals surface area contributed by atoms with Gasteiger partial charge in [0.15, 0.2) is 0 Å². The molecule has 14 bridgehead atoms. The van der Waals surface area contributed by atoms with Crippen LogP contribution in [0.1, 0.15) is 167 Å². The summed E-state index contributed by atoms with van der Waals surface area (Å²) in [4.78, 5) is 20.1. The van der Waals surface area contributed by atoms with Crippen molar-refractivity contribution in [1.82, 2.24) is 55.1 Å². The second-order valence-electron chi connectivity index (χ2n) is 26.9. The van der Waals surface area contributed by atoms with Crippen LogP contribution in [-0.2, 0) is 0 Å². The third-order valence-electron chi connectivity index (χ3n) is 22.2. The molecule has 12 atom stereocenters. The molecule has 0 amide bonds. The smallest absolute Gasteiger partial charge is 0.0233 e. The van der Waals surface area contributed by atoms with Crippen molar-refractivity contribution in [2.45, 2.75) is 245 Å². The highest BCUT2D eigenvalue weighted by atomic mass is 15.3. The SMILES string of the molecule is CN1C2CCC1CC2.CN1C2CCC1CNC2.CN1C2CCCC1CC2.CN1C2CCCC1CCC2.CN1CC2CC1CN2.CN1CC2CCC(C1)N2.CN1CC2CCC1C2.CN1CC2CCCC2C1. The first-order valence-corrected chi connectivity index (χ1v) is 30.8. The predicted octanol–water partition coefficient (Wildman–Crippen LogP) is 7.12. The average molecular weight is 977 g/mol. The summed E-state index contributed by atoms with van der Waals surface area (Å²) in [7, 11) is 18.1. The number of fused-ring (bicyclic) bond motifs is 15. The van der Waals surface area contributed by atoms with Gasteiger partial charge in [0.05, 0.1) is 0 Å². The van der Waals surface area contributed by atoms with E-state index >= 15 is 0 Å². The Bertz CT molecular complexity index is 1380. The van der Waals surface area contributed by atoms with Crippen LogP contribution in [0.15, 0.2) is 0 Å². The van der Waals surface area contributed by atoms with Gasteiger partial charge in [0.2, 0.25) is 0 Å². The van der Waals surface area contributed by atoms with Crippen LogP contribution < -0.4 is 16.0 Å². The van der Waals surface area contributed by atoms with E-state index in [4.69, 9.17) is 0 Å². The van der Waals surface area contributed by atoms with Crippen molar-refractivity contribution in [3.63, 3.8) is 0 Å². The van der Waals surface area contributed by atoms with Crippen molar-refractivity contribution >= 4 is 0 Å². The number of nitrogens with one attached hydrogen (secondary N) is 3. The molecule has 11 heteroatoms. The lowest BCUT2D eigenvalue weighted by Crippen LogP contribution is -2.49. The van der Waals surface area contributed by atoms with E-state index in [2.05, 4.69) is 112 Å². The quantitative estimate of drug-likeness (QED) is 0.233. The molecule has 16 fully saturated rings. The maximum absolute atomic E-state index is 3.58. The molecule has 0 aromatic carbocycles. The molecule has 3 N–H and O–H groups in total. The molecule has 11 nitrogen and oxygen atoms in total. The lowest BCUT2D eigenvalue weighted by molar-refractivity contribution is 0.0673. The zero-order valence-electron chi connectivity index (χ0n) is 47.1. The van der Waals surface area contributed by atoms with Gasteiger partial charge in [-0.1, -0.05) is 25.7 Å². The number of hydrogen-bond donors (Lipinski definition) is 3. The van der Waals surface area contributed by atoms with E-state index in [1.54, 1.807) is 0 Å². The summed E-state index contributed by atoms with van der Waals surface area (Å²) >= 11 is 0. The van der Waals surface area contributed by atoms with Crippen molar-refractivity contribution in [3.8, 4) is 0 Å². The molecule has 16 rings (SSSR count). The Labute approximate surface area is 432 Å². The standard InChI is InChI=1S/C9H17N.2C8H15N.2C7H14N2.2C7H13N.C6H12N2/c1-10-8-4-2-5-9(10)7-3-6-8;1-9-5-7-3-2-4-8(7)6-9;1-9-7-3-2-4-8(9)6-5-7;1-9-4-6-2-3-7(5-9)8-6;1-9-6-2-3-7(9)5-8-4-6;1-8-5-6-2-3-7(8)4-6;1-8-6-2-3-7(8)5-4-6;1-8-4-5-2-6(8)3-7-5/h8-9H,2-7H2,1H3;2*7-8H,2-6H2,1H3;2*6-8H,2-5H2,1H3;2*6-7H,2-5H2,1H3;5-7H,2-4H2,1H3. The minimum atomic E-state index is 0.814. The molecule has 0 aromatic rings. The highest BCUT2D eigenvalue weighted by molar-refractivity contribution is 4.97. The molecule has 16 aliphatic rings. The number of piperazine rings is 3. The number of rotatable bonds is 0. The molecule has 404 valence electrons. The van der Waals surface area contributed by atoms with Gasteiger partial charge in [-0.25, -0.2) is 0 Å². The van der Waals surface area contributed by atoms with Crippen LogP contribution in [0.2, 0.25) is 0 Å². The first-order valence-electron chi connectivity index (χ1n) is 30.8. The average Bonchev–Trinajstić information content (AvgIpc) is 4.24. The van der Waals surface area contributed by atoms with Crippen molar-refractivity contribution in [2.75, 3.05) is 115 Å². The summed E-state index contributed by atoms with van der Waals surface area (Å²) in [6.45, 7) is 11.6. The third-order valence-corrected chi connectivity index (χ3v) is 22.2. The predicted molar refractivity (Wildman–Crippen MR) is 295 cm³/mol. The molecule has 0 spiro atoms. The molecule has 14 saturated heterocycles. The Morgan fingerprint density at radius 3 is 1.03 bits per heavy atom. The molecular formula is C59H113N11. The van der Waals surface area contributed by atoms with Crippen molar-refractivity contribution < 1.29 is 0 Å². The first kappa shape index (κ1) is 54.4. The summed E-state index contributed by atoms with van der Waals surface area (Å²) in [6, 6.07) is 11.8. The van der Waals surface area contributed by atoms with E-state index < -0.39 is 0 Å². The van der Waals surface area contributed by atoms with E-state index in [9.17, 15) is 0 Å². The van der Waals surface area contributed by atoms with Gasteiger partial charge in [-0.15, -0.1) is 0 Å². The molecule has 2 saturated carbocycles. The summed E-state index contributed by atoms with van der Waals surface area (Å²) in [5.41, 5.74) is 0. The molecule has 70 heavy (non-hydrogen) atoms. The zero-order valence-corrected chi connectivity index (χ0v) is 47.1. The van der Waals surface area contributed by atoms with E-state index in [1.165, 1.54) is 226 Å². The minimum Gasteiger partial charge on any atom is -0.314 e. The molecular weight excluding hydrogens is 863 g/mol. The second-order valence-corrected chi connectivity index (χ2v) is 26.9. The van der Waals surface area contributed by atoms with Crippen LogP contribution in [0.4, 0.5) is 0 Å². The molecule has 0 radical (unpaired) electrons. The lowest BCUT2D eigenvalue weighted by atomic mass is 9.85. The van der Waals surface area contributed by atoms with E-state index in [0.29, 0.717) is 0 Å². The summed E-state index contributed by atoms with van der Waals surface area (Å²) in [5.74, 6) is 3.23. The Morgan fingerprint density at radius 1 is 0.300 bits per heavy atom. The Hall–Kier alpha value is -0.440. The second kappa shape index (κ2) is 26.1. The molecule has 2 aliphatic carbocycles. The van der Waals surface area contributed by atoms with Crippen molar-refractivity contribution in [3.05, 3.63) is 0 Å². The molecule has 0 aromatic heterocycles. The first-order chi connectivity index (χ1) is 33.9. The third kappa shape index (κ3) is 14.3. The maximum atomic E-state index is 3.58. The van der Waals surface area contributed by atoms with E-state index in [1.807, 2.05) is 0 Å². The highest BCUT2D eigenvalue weighted by Crippen LogP contribution is 2.38. The van der Waals surface area contributed by atoms with E-state index in [0.717, 1.165) is 96.3 Å². The van der Waals surface area contributed by atoms with Gasteiger partial charge >= 0.3 is 0 Å². The van der Waals surface area contributed by atoms with Gasteiger partial charge in [-0.3, -0.25) is 4.90 Å². The number of likely N-dealkylation sites (N-methyl/N-ethyl adjacent to an activating group) is 3. The van der Waals surface area contributed by atoms with Gasteiger partial charge in [-0.05, 0) is 215 Å². The maximum Gasteiger partial charge on any atom is 0.0233 e. The summed E-state index contributed by atoms with van der Waals surface area (Å²) < 4.78 is 0. The number of likely N-dealkylation sites (tertiary alicyclic amines) is 4. The summed E-state index contributed by atoms with van der Waals surface area (Å²) in [5, 5.41) is 10.5. The zero-order chi connectivity index (χ0) is 48.7. The van der Waals surface area contributed by atoms with Gasteiger partial charge in [-0.2, -0.15) is 0 Å². The number of nitrogens with zero attached hydrogens (tertiary/aromatic N) is 8. The van der Waals surface area contributed by atoms with Gasteiger partial charge in [0, 0.05) is 137 Å².